The molecule has 1 atom stereocenters. The van der Waals surface area contributed by atoms with Crippen LogP contribution in [0.1, 0.15) is 45.4 Å². The number of carboxylic acids is 1. The third-order valence-electron chi connectivity index (χ3n) is 2.90. The smallest absolute Gasteiger partial charge is 0.316 e. The normalized spacial score (nSPS) is 20.6. The fraction of sp³-hybridized carbons (Fsp3) is 0.909. The molecule has 0 spiro atoms. The average Bonchev–Trinajstić information content (AvgIpc) is 2.20. The van der Waals surface area contributed by atoms with Gasteiger partial charge in [0.05, 0.1) is 0 Å². The van der Waals surface area contributed by atoms with Crippen LogP contribution >= 0.6 is 11.8 Å². The number of carbonyl (C=O) groups is 1. The Morgan fingerprint density at radius 2 is 2.07 bits per heavy atom. The van der Waals surface area contributed by atoms with Gasteiger partial charge in [-0.15, -0.1) is 11.8 Å². The van der Waals surface area contributed by atoms with Gasteiger partial charge in [0.15, 0.2) is 0 Å². The highest BCUT2D eigenvalue weighted by atomic mass is 32.2. The Morgan fingerprint density at radius 3 is 2.57 bits per heavy atom. The molecule has 3 heteroatoms. The van der Waals surface area contributed by atoms with E-state index in [-0.39, 0.29) is 5.25 Å². The first-order chi connectivity index (χ1) is 6.74. The van der Waals surface area contributed by atoms with Crippen LogP contribution in [-0.2, 0) is 4.79 Å². The summed E-state index contributed by atoms with van der Waals surface area (Å²) in [5.74, 6) is 1.18. The van der Waals surface area contributed by atoms with E-state index in [0.717, 1.165) is 18.1 Å². The maximum Gasteiger partial charge on any atom is 0.316 e. The van der Waals surface area contributed by atoms with Gasteiger partial charge in [-0.1, -0.05) is 26.2 Å². The molecule has 0 aromatic rings. The minimum absolute atomic E-state index is 0.183. The second-order valence-corrected chi connectivity index (χ2v) is 5.31. The monoisotopic (exact) mass is 216 g/mol. The zero-order valence-electron chi connectivity index (χ0n) is 8.87. The number of carboxylic acid groups (broad SMARTS) is 1. The number of hydrogen-bond donors (Lipinski definition) is 1. The van der Waals surface area contributed by atoms with E-state index in [2.05, 4.69) is 0 Å². The summed E-state index contributed by atoms with van der Waals surface area (Å²) in [5, 5.41) is 8.70. The van der Waals surface area contributed by atoms with E-state index in [1.54, 1.807) is 11.8 Å². The molecule has 0 aromatic carbocycles. The van der Waals surface area contributed by atoms with Gasteiger partial charge in [0, 0.05) is 0 Å². The van der Waals surface area contributed by atoms with Crippen molar-refractivity contribution < 1.29 is 9.90 Å². The lowest BCUT2D eigenvalue weighted by Crippen LogP contribution is -2.18. The highest BCUT2D eigenvalue weighted by Gasteiger charge is 2.19. The third kappa shape index (κ3) is 3.91. The summed E-state index contributed by atoms with van der Waals surface area (Å²) in [5.41, 5.74) is 0. The van der Waals surface area contributed by atoms with Gasteiger partial charge >= 0.3 is 5.97 Å². The molecule has 0 amide bonds. The molecule has 1 aliphatic carbocycles. The molecule has 82 valence electrons. The molecule has 0 aromatic heterocycles. The first-order valence-corrected chi connectivity index (χ1v) is 6.63. The van der Waals surface area contributed by atoms with Crippen LogP contribution in [0.3, 0.4) is 0 Å². The first-order valence-electron chi connectivity index (χ1n) is 5.58. The lowest BCUT2D eigenvalue weighted by molar-refractivity contribution is -0.136. The Kier molecular flexibility index (Phi) is 5.38. The summed E-state index contributed by atoms with van der Waals surface area (Å²) in [6.45, 7) is 1.95. The van der Waals surface area contributed by atoms with Crippen LogP contribution in [0, 0.1) is 5.92 Å². The molecule has 1 N–H and O–H groups in total. The molecule has 1 saturated carbocycles. The van der Waals surface area contributed by atoms with E-state index in [1.165, 1.54) is 32.1 Å². The fourth-order valence-corrected chi connectivity index (χ4v) is 3.19. The lowest BCUT2D eigenvalue weighted by Gasteiger charge is -2.22. The topological polar surface area (TPSA) is 37.3 Å². The minimum atomic E-state index is -0.645. The summed E-state index contributed by atoms with van der Waals surface area (Å²) in [7, 11) is 0. The number of hydrogen-bond acceptors (Lipinski definition) is 2. The van der Waals surface area contributed by atoms with Gasteiger partial charge in [-0.3, -0.25) is 4.79 Å². The van der Waals surface area contributed by atoms with E-state index < -0.39 is 5.97 Å². The highest BCUT2D eigenvalue weighted by molar-refractivity contribution is 8.00. The van der Waals surface area contributed by atoms with Crippen molar-refractivity contribution in [1.29, 1.82) is 0 Å². The standard InChI is InChI=1S/C11H20O2S/c1-2-10(11(12)13)14-8-9-6-4-3-5-7-9/h9-10H,2-8H2,1H3,(H,12,13). The Morgan fingerprint density at radius 1 is 1.43 bits per heavy atom. The number of thioether (sulfide) groups is 1. The molecule has 0 aliphatic heterocycles. The third-order valence-corrected chi connectivity index (χ3v) is 4.51. The Hall–Kier alpha value is -0.180. The van der Waals surface area contributed by atoms with Crippen molar-refractivity contribution in [2.45, 2.75) is 50.7 Å². The number of aliphatic carboxylic acids is 1. The van der Waals surface area contributed by atoms with Gasteiger partial charge in [-0.05, 0) is 30.9 Å². The Bertz CT molecular complexity index is 176. The van der Waals surface area contributed by atoms with Crippen molar-refractivity contribution in [3.05, 3.63) is 0 Å². The van der Waals surface area contributed by atoms with Crippen LogP contribution in [0.2, 0.25) is 0 Å². The zero-order chi connectivity index (χ0) is 10.4. The van der Waals surface area contributed by atoms with Crippen LogP contribution in [0.15, 0.2) is 0 Å². The van der Waals surface area contributed by atoms with E-state index in [1.807, 2.05) is 6.92 Å². The van der Waals surface area contributed by atoms with Gasteiger partial charge < -0.3 is 5.11 Å². The fourth-order valence-electron chi connectivity index (χ4n) is 1.97. The molecule has 2 nitrogen and oxygen atoms in total. The summed E-state index contributed by atoms with van der Waals surface area (Å²) in [6.07, 6.45) is 7.42. The summed E-state index contributed by atoms with van der Waals surface area (Å²) in [4.78, 5) is 10.8. The van der Waals surface area contributed by atoms with E-state index in [9.17, 15) is 4.79 Å². The summed E-state index contributed by atoms with van der Waals surface area (Å²) in [6, 6.07) is 0. The van der Waals surface area contributed by atoms with Crippen molar-refractivity contribution in [3.8, 4) is 0 Å². The van der Waals surface area contributed by atoms with Gasteiger partial charge in [-0.2, -0.15) is 0 Å². The quantitative estimate of drug-likeness (QED) is 0.767. The molecule has 0 heterocycles. The molecule has 1 rings (SSSR count). The van der Waals surface area contributed by atoms with Crippen molar-refractivity contribution >= 4 is 17.7 Å². The van der Waals surface area contributed by atoms with Gasteiger partial charge in [-0.25, -0.2) is 0 Å². The predicted molar refractivity (Wildman–Crippen MR) is 60.7 cm³/mol. The number of rotatable bonds is 5. The average molecular weight is 216 g/mol. The summed E-state index contributed by atoms with van der Waals surface area (Å²) >= 11 is 1.64. The van der Waals surface area contributed by atoms with Crippen LogP contribution in [0.5, 0.6) is 0 Å². The second kappa shape index (κ2) is 6.33. The van der Waals surface area contributed by atoms with Crippen LogP contribution < -0.4 is 0 Å². The Labute approximate surface area is 90.5 Å². The van der Waals surface area contributed by atoms with Crippen molar-refractivity contribution in [2.24, 2.45) is 5.92 Å². The summed E-state index contributed by atoms with van der Waals surface area (Å²) < 4.78 is 0. The van der Waals surface area contributed by atoms with Crippen LogP contribution in [0.25, 0.3) is 0 Å². The molecule has 0 bridgehead atoms. The molecule has 1 unspecified atom stereocenters. The molecule has 0 saturated heterocycles. The first kappa shape index (κ1) is 11.9. The SMILES string of the molecule is CCC(SCC1CCCCC1)C(=O)O. The minimum Gasteiger partial charge on any atom is -0.480 e. The second-order valence-electron chi connectivity index (χ2n) is 4.07. The van der Waals surface area contributed by atoms with E-state index in [4.69, 9.17) is 5.11 Å². The van der Waals surface area contributed by atoms with Crippen molar-refractivity contribution in [1.82, 2.24) is 0 Å². The maximum absolute atomic E-state index is 10.8. The van der Waals surface area contributed by atoms with Crippen LogP contribution in [-0.4, -0.2) is 22.1 Å². The molecule has 1 aliphatic rings. The molecular weight excluding hydrogens is 196 g/mol. The van der Waals surface area contributed by atoms with Gasteiger partial charge in [0.25, 0.3) is 0 Å². The maximum atomic E-state index is 10.8. The van der Waals surface area contributed by atoms with Crippen LogP contribution in [0.4, 0.5) is 0 Å². The largest absolute Gasteiger partial charge is 0.480 e. The predicted octanol–water partition coefficient (Wildman–Crippen LogP) is 3.16. The van der Waals surface area contributed by atoms with Crippen molar-refractivity contribution in [2.75, 3.05) is 5.75 Å². The van der Waals surface area contributed by atoms with Gasteiger partial charge in [0.2, 0.25) is 0 Å². The molecule has 1 fully saturated rings. The Balaban J connectivity index is 2.20. The van der Waals surface area contributed by atoms with Gasteiger partial charge in [0.1, 0.15) is 5.25 Å². The zero-order valence-corrected chi connectivity index (χ0v) is 9.68. The lowest BCUT2D eigenvalue weighted by atomic mass is 9.91. The highest BCUT2D eigenvalue weighted by Crippen LogP contribution is 2.28. The van der Waals surface area contributed by atoms with E-state index >= 15 is 0 Å². The van der Waals surface area contributed by atoms with E-state index in [0.29, 0.717) is 0 Å². The molecule has 0 radical (unpaired) electrons. The molecular formula is C11H20O2S. The van der Waals surface area contributed by atoms with Crippen molar-refractivity contribution in [3.63, 3.8) is 0 Å². The molecule has 14 heavy (non-hydrogen) atoms.